The van der Waals surface area contributed by atoms with Crippen LogP contribution >= 0.6 is 0 Å². The number of hydrogen-bond donors (Lipinski definition) is 2. The van der Waals surface area contributed by atoms with Gasteiger partial charge in [0.25, 0.3) is 5.69 Å². The molecule has 0 aliphatic carbocycles. The third-order valence-electron chi connectivity index (χ3n) is 2.41. The second-order valence-electron chi connectivity index (χ2n) is 3.59. The first-order valence-corrected chi connectivity index (χ1v) is 5.21. The maximum Gasteiger partial charge on any atom is 0.269 e. The molecule has 0 aliphatic heterocycles. The zero-order chi connectivity index (χ0) is 14.7. The molecule has 10 heteroatoms. The fourth-order valence-electron chi connectivity index (χ4n) is 1.46. The molecule has 0 unspecified atom stereocenters. The van der Waals surface area contributed by atoms with E-state index < -0.39 is 16.5 Å². The number of benzene rings is 1. The van der Waals surface area contributed by atoms with E-state index in [1.807, 2.05) is 0 Å². The van der Waals surface area contributed by atoms with Crippen molar-refractivity contribution in [2.24, 2.45) is 5.16 Å². The van der Waals surface area contributed by atoms with Crippen LogP contribution in [0.3, 0.4) is 0 Å². The van der Waals surface area contributed by atoms with Gasteiger partial charge in [-0.25, -0.2) is 0 Å². The number of aromatic nitrogens is 3. The minimum absolute atomic E-state index is 0.0818. The third kappa shape index (κ3) is 2.29. The number of nitro groups is 1. The van der Waals surface area contributed by atoms with Gasteiger partial charge in [-0.3, -0.25) is 14.9 Å². The van der Waals surface area contributed by atoms with Crippen molar-refractivity contribution in [2.75, 3.05) is 5.73 Å². The van der Waals surface area contributed by atoms with Gasteiger partial charge in [0.05, 0.1) is 4.92 Å². The van der Waals surface area contributed by atoms with Gasteiger partial charge in [0, 0.05) is 17.7 Å². The number of non-ortho nitro benzene ring substituents is 1. The van der Waals surface area contributed by atoms with Crippen LogP contribution in [0.25, 0.3) is 0 Å². The van der Waals surface area contributed by atoms with E-state index in [-0.39, 0.29) is 17.2 Å². The van der Waals surface area contributed by atoms with Crippen molar-refractivity contribution in [3.8, 4) is 0 Å². The van der Waals surface area contributed by atoms with Crippen molar-refractivity contribution < 1.29 is 14.9 Å². The molecule has 0 fully saturated rings. The maximum absolute atomic E-state index is 12.1. The molecule has 0 bridgehead atoms. The Morgan fingerprint density at radius 3 is 2.50 bits per heavy atom. The highest BCUT2D eigenvalue weighted by atomic mass is 16.6. The molecule has 1 aromatic heterocycles. The van der Waals surface area contributed by atoms with Crippen LogP contribution in [0.4, 0.5) is 11.6 Å². The Hall–Kier alpha value is -3.30. The minimum Gasteiger partial charge on any atom is -0.409 e. The molecule has 0 amide bonds. The number of rotatable bonds is 3. The van der Waals surface area contributed by atoms with Crippen molar-refractivity contribution in [2.45, 2.75) is 0 Å². The molecule has 0 saturated carbocycles. The van der Waals surface area contributed by atoms with E-state index in [2.05, 4.69) is 15.2 Å². The van der Waals surface area contributed by atoms with Crippen LogP contribution in [0.15, 0.2) is 35.7 Å². The van der Waals surface area contributed by atoms with Gasteiger partial charge in [0.2, 0.25) is 17.6 Å². The van der Waals surface area contributed by atoms with Crippen molar-refractivity contribution in [1.29, 1.82) is 0 Å². The lowest BCUT2D eigenvalue weighted by molar-refractivity contribution is -0.384. The van der Waals surface area contributed by atoms with Crippen LogP contribution in [0, 0.1) is 10.1 Å². The largest absolute Gasteiger partial charge is 0.409 e. The molecule has 0 saturated heterocycles. The average Bonchev–Trinajstić information content (AvgIpc) is 2.86. The second-order valence-corrected chi connectivity index (χ2v) is 3.59. The quantitative estimate of drug-likeness (QED) is 0.204. The summed E-state index contributed by atoms with van der Waals surface area (Å²) in [6, 6.07) is 4.79. The van der Waals surface area contributed by atoms with Gasteiger partial charge in [-0.2, -0.15) is 14.8 Å². The third-order valence-corrected chi connectivity index (χ3v) is 2.41. The van der Waals surface area contributed by atoms with E-state index in [1.54, 1.807) is 0 Å². The predicted molar refractivity (Wildman–Crippen MR) is 66.5 cm³/mol. The summed E-state index contributed by atoms with van der Waals surface area (Å²) in [6.45, 7) is 0. The number of nitrogens with two attached hydrogens (primary N) is 1. The predicted octanol–water partition coefficient (Wildman–Crippen LogP) is 0.287. The number of oxime groups is 1. The molecule has 1 heterocycles. The van der Waals surface area contributed by atoms with Gasteiger partial charge < -0.3 is 10.9 Å². The van der Waals surface area contributed by atoms with Crippen molar-refractivity contribution >= 4 is 23.3 Å². The topological polar surface area (TPSA) is 150 Å². The van der Waals surface area contributed by atoms with Crippen LogP contribution in [0.1, 0.15) is 10.4 Å². The lowest BCUT2D eigenvalue weighted by Crippen LogP contribution is -2.25. The molecule has 1 aromatic carbocycles. The monoisotopic (exact) mass is 276 g/mol. The fraction of sp³-hybridized carbons (Fsp3) is 0. The Morgan fingerprint density at radius 2 is 2.05 bits per heavy atom. The van der Waals surface area contributed by atoms with Crippen LogP contribution in [0.2, 0.25) is 0 Å². The molecule has 0 spiro atoms. The molecule has 2 aromatic rings. The molecule has 3 N–H and O–H groups in total. The number of nitrogens with zero attached hydrogens (tertiary/aromatic N) is 5. The number of carbonyl (C=O) groups is 1. The first kappa shape index (κ1) is 13.1. The van der Waals surface area contributed by atoms with E-state index in [1.165, 1.54) is 12.1 Å². The number of nitrogen functional groups attached to an aromatic ring is 1. The zero-order valence-electron chi connectivity index (χ0n) is 9.87. The lowest BCUT2D eigenvalue weighted by Gasteiger charge is -2.04. The van der Waals surface area contributed by atoms with Crippen LogP contribution in [0.5, 0.6) is 0 Å². The molecule has 10 nitrogen and oxygen atoms in total. The molecule has 102 valence electrons. The minimum atomic E-state index is -0.709. The van der Waals surface area contributed by atoms with Crippen LogP contribution in [-0.4, -0.2) is 36.5 Å². The highest BCUT2D eigenvalue weighted by Gasteiger charge is 2.20. The summed E-state index contributed by atoms with van der Waals surface area (Å²) in [5, 5.41) is 25.9. The normalized spacial score (nSPS) is 11.3. The van der Waals surface area contributed by atoms with Gasteiger partial charge >= 0.3 is 0 Å². The smallest absolute Gasteiger partial charge is 0.269 e. The van der Waals surface area contributed by atoms with E-state index >= 15 is 0 Å². The number of anilines is 1. The zero-order valence-corrected chi connectivity index (χ0v) is 9.87. The van der Waals surface area contributed by atoms with E-state index in [0.29, 0.717) is 0 Å². The number of nitro benzene ring substituents is 1. The summed E-state index contributed by atoms with van der Waals surface area (Å²) >= 11 is 0. The van der Waals surface area contributed by atoms with Gasteiger partial charge in [-0.05, 0) is 12.1 Å². The van der Waals surface area contributed by atoms with Gasteiger partial charge in [-0.15, -0.1) is 0 Å². The Kier molecular flexibility index (Phi) is 3.37. The summed E-state index contributed by atoms with van der Waals surface area (Å²) in [5.41, 5.74) is 5.37. The summed E-state index contributed by atoms with van der Waals surface area (Å²) < 4.78 is 0.851. The van der Waals surface area contributed by atoms with Crippen LogP contribution < -0.4 is 5.73 Å². The van der Waals surface area contributed by atoms with Crippen LogP contribution in [-0.2, 0) is 0 Å². The number of Topliss-reactive ketones (excluding diaryl/α,β-unsaturated/α-hetero) is 1. The standard InChI is InChI=1S/C10H8N6O4/c11-10-12-5-13-15(10)9(14-18)8(17)6-1-3-7(4-2-6)16(19)20/h1-5,18H,(H2,11,12,13)/b14-9-. The van der Waals surface area contributed by atoms with Crippen molar-refractivity contribution in [3.05, 3.63) is 46.3 Å². The van der Waals surface area contributed by atoms with Gasteiger partial charge in [0.15, 0.2) is 0 Å². The Bertz CT molecular complexity index is 690. The highest BCUT2D eigenvalue weighted by Crippen LogP contribution is 2.13. The second kappa shape index (κ2) is 5.14. The SMILES string of the molecule is Nc1ncnn1/C(=N\O)C(=O)c1ccc([N+](=O)[O-])cc1. The first-order valence-electron chi connectivity index (χ1n) is 5.21. The van der Waals surface area contributed by atoms with Crippen molar-refractivity contribution in [1.82, 2.24) is 14.8 Å². The molecular weight excluding hydrogens is 268 g/mol. The number of carbonyl (C=O) groups excluding carboxylic acids is 1. The Labute approximate surface area is 111 Å². The molecule has 2 rings (SSSR count). The van der Waals surface area contributed by atoms with E-state index in [4.69, 9.17) is 10.9 Å². The molecule has 20 heavy (non-hydrogen) atoms. The molecule has 0 radical (unpaired) electrons. The van der Waals surface area contributed by atoms with Gasteiger partial charge in [0.1, 0.15) is 6.33 Å². The molecular formula is C10H8N6O4. The maximum atomic E-state index is 12.1. The number of ketones is 1. The number of hydrogen-bond acceptors (Lipinski definition) is 8. The summed E-state index contributed by atoms with van der Waals surface area (Å²) in [7, 11) is 0. The fourth-order valence-corrected chi connectivity index (χ4v) is 1.46. The Morgan fingerprint density at radius 1 is 1.40 bits per heavy atom. The molecule has 0 atom stereocenters. The Balaban J connectivity index is 2.35. The summed E-state index contributed by atoms with van der Waals surface area (Å²) in [4.78, 5) is 25.6. The van der Waals surface area contributed by atoms with E-state index in [0.717, 1.165) is 23.1 Å². The molecule has 0 aliphatic rings. The average molecular weight is 276 g/mol. The summed E-state index contributed by atoms with van der Waals surface area (Å²) in [5.74, 6) is -1.30. The van der Waals surface area contributed by atoms with Crippen molar-refractivity contribution in [3.63, 3.8) is 0 Å². The highest BCUT2D eigenvalue weighted by molar-refractivity contribution is 6.45. The van der Waals surface area contributed by atoms with Gasteiger partial charge in [-0.1, -0.05) is 5.16 Å². The first-order chi connectivity index (χ1) is 9.54. The summed E-state index contributed by atoms with van der Waals surface area (Å²) in [6.07, 6.45) is 1.09. The van der Waals surface area contributed by atoms with E-state index in [9.17, 15) is 14.9 Å². The lowest BCUT2D eigenvalue weighted by atomic mass is 10.1.